The molecule has 0 radical (unpaired) electrons. The minimum atomic E-state index is -0.392. The van der Waals surface area contributed by atoms with Gasteiger partial charge in [0, 0.05) is 29.4 Å². The molecule has 0 bridgehead atoms. The normalized spacial score (nSPS) is 10.9. The SMILES string of the molecule is CC(=O)c1ccc(NC(=O)/C=C(\C)C(=O)NCCc2ccccc2)cc1. The minimum Gasteiger partial charge on any atom is -0.352 e. The third kappa shape index (κ3) is 6.02. The van der Waals surface area contributed by atoms with E-state index in [9.17, 15) is 14.4 Å². The zero-order valence-corrected chi connectivity index (χ0v) is 14.9. The average molecular weight is 350 g/mol. The van der Waals surface area contributed by atoms with Gasteiger partial charge >= 0.3 is 0 Å². The molecule has 0 fully saturated rings. The van der Waals surface area contributed by atoms with Crippen LogP contribution in [0.4, 0.5) is 5.69 Å². The molecule has 0 heterocycles. The van der Waals surface area contributed by atoms with Gasteiger partial charge in [-0.05, 0) is 50.1 Å². The molecule has 0 aromatic heterocycles. The van der Waals surface area contributed by atoms with Crippen LogP contribution >= 0.6 is 0 Å². The van der Waals surface area contributed by atoms with Crippen molar-refractivity contribution in [1.29, 1.82) is 0 Å². The highest BCUT2D eigenvalue weighted by Gasteiger charge is 2.07. The van der Waals surface area contributed by atoms with Crippen molar-refractivity contribution in [3.8, 4) is 0 Å². The van der Waals surface area contributed by atoms with E-state index in [0.29, 0.717) is 23.4 Å². The van der Waals surface area contributed by atoms with Gasteiger partial charge in [0.2, 0.25) is 11.8 Å². The predicted octanol–water partition coefficient (Wildman–Crippen LogP) is 3.13. The Morgan fingerprint density at radius 2 is 1.58 bits per heavy atom. The quantitative estimate of drug-likeness (QED) is 0.595. The highest BCUT2D eigenvalue weighted by Crippen LogP contribution is 2.10. The molecule has 26 heavy (non-hydrogen) atoms. The van der Waals surface area contributed by atoms with Crippen LogP contribution in [0.2, 0.25) is 0 Å². The van der Waals surface area contributed by atoms with Gasteiger partial charge in [0.15, 0.2) is 5.78 Å². The first kappa shape index (κ1) is 19.1. The van der Waals surface area contributed by atoms with Gasteiger partial charge in [0.25, 0.3) is 0 Å². The number of hydrogen-bond donors (Lipinski definition) is 2. The molecule has 0 aliphatic heterocycles. The average Bonchev–Trinajstić information content (AvgIpc) is 2.62. The van der Waals surface area contributed by atoms with Crippen molar-refractivity contribution >= 4 is 23.3 Å². The van der Waals surface area contributed by atoms with Gasteiger partial charge in [0.1, 0.15) is 0 Å². The molecule has 0 atom stereocenters. The lowest BCUT2D eigenvalue weighted by molar-refractivity contribution is -0.118. The number of Topliss-reactive ketones (excluding diaryl/α,β-unsaturated/α-hetero) is 1. The van der Waals surface area contributed by atoms with Crippen molar-refractivity contribution in [2.45, 2.75) is 20.3 Å². The van der Waals surface area contributed by atoms with Crippen LogP contribution in [0.25, 0.3) is 0 Å². The summed E-state index contributed by atoms with van der Waals surface area (Å²) >= 11 is 0. The Hall–Kier alpha value is -3.21. The summed E-state index contributed by atoms with van der Waals surface area (Å²) in [6.45, 7) is 3.58. The number of benzene rings is 2. The third-order valence-electron chi connectivity index (χ3n) is 3.81. The second-order valence-electron chi connectivity index (χ2n) is 5.94. The van der Waals surface area contributed by atoms with Crippen LogP contribution < -0.4 is 10.6 Å². The Morgan fingerprint density at radius 3 is 2.19 bits per heavy atom. The van der Waals surface area contributed by atoms with Crippen LogP contribution in [0.1, 0.15) is 29.8 Å². The Kier molecular flexibility index (Phi) is 6.85. The number of hydrogen-bond acceptors (Lipinski definition) is 3. The Morgan fingerprint density at radius 1 is 0.923 bits per heavy atom. The molecule has 2 aromatic rings. The summed E-state index contributed by atoms with van der Waals surface area (Å²) in [5.74, 6) is -0.704. The summed E-state index contributed by atoms with van der Waals surface area (Å²) in [7, 11) is 0. The largest absolute Gasteiger partial charge is 0.352 e. The molecule has 2 rings (SSSR count). The maximum atomic E-state index is 12.0. The molecule has 0 spiro atoms. The smallest absolute Gasteiger partial charge is 0.248 e. The van der Waals surface area contributed by atoms with E-state index in [2.05, 4.69) is 10.6 Å². The summed E-state index contributed by atoms with van der Waals surface area (Å²) in [5, 5.41) is 5.46. The lowest BCUT2D eigenvalue weighted by Crippen LogP contribution is -2.27. The fraction of sp³-hybridized carbons (Fsp3) is 0.190. The Balaban J connectivity index is 1.83. The molecule has 0 saturated carbocycles. The van der Waals surface area contributed by atoms with Crippen LogP contribution in [-0.4, -0.2) is 24.1 Å². The highest BCUT2D eigenvalue weighted by atomic mass is 16.2. The molecule has 0 aliphatic rings. The summed E-state index contributed by atoms with van der Waals surface area (Å²) in [5.41, 5.74) is 2.61. The molecular formula is C21H22N2O3. The van der Waals surface area contributed by atoms with Gasteiger partial charge in [-0.1, -0.05) is 30.3 Å². The van der Waals surface area contributed by atoms with E-state index in [1.54, 1.807) is 31.2 Å². The molecule has 0 saturated heterocycles. The number of carbonyl (C=O) groups is 3. The van der Waals surface area contributed by atoms with E-state index >= 15 is 0 Å². The van der Waals surface area contributed by atoms with E-state index < -0.39 is 5.91 Å². The standard InChI is InChI=1S/C21H22N2O3/c1-15(21(26)22-13-12-17-6-4-3-5-7-17)14-20(25)23-19-10-8-18(9-11-19)16(2)24/h3-11,14H,12-13H2,1-2H3,(H,22,26)(H,23,25)/b15-14+. The second-order valence-corrected chi connectivity index (χ2v) is 5.94. The number of amides is 2. The topological polar surface area (TPSA) is 75.3 Å². The van der Waals surface area contributed by atoms with Crippen LogP contribution in [0.5, 0.6) is 0 Å². The van der Waals surface area contributed by atoms with E-state index in [1.165, 1.54) is 13.0 Å². The van der Waals surface area contributed by atoms with Crippen LogP contribution in [0.3, 0.4) is 0 Å². The summed E-state index contributed by atoms with van der Waals surface area (Å²) in [6, 6.07) is 16.4. The van der Waals surface area contributed by atoms with Crippen molar-refractivity contribution in [3.05, 3.63) is 77.4 Å². The molecule has 134 valence electrons. The Labute approximate surface area is 153 Å². The molecule has 5 nitrogen and oxygen atoms in total. The minimum absolute atomic E-state index is 0.0363. The number of rotatable bonds is 7. The monoisotopic (exact) mass is 350 g/mol. The first-order chi connectivity index (χ1) is 12.5. The summed E-state index contributed by atoms with van der Waals surface area (Å²) < 4.78 is 0. The van der Waals surface area contributed by atoms with Crippen LogP contribution in [-0.2, 0) is 16.0 Å². The van der Waals surface area contributed by atoms with Crippen molar-refractivity contribution in [3.63, 3.8) is 0 Å². The molecule has 2 N–H and O–H groups in total. The van der Waals surface area contributed by atoms with Gasteiger partial charge in [-0.3, -0.25) is 14.4 Å². The van der Waals surface area contributed by atoms with Gasteiger partial charge in [-0.25, -0.2) is 0 Å². The number of nitrogens with one attached hydrogen (secondary N) is 2. The van der Waals surface area contributed by atoms with Crippen molar-refractivity contribution < 1.29 is 14.4 Å². The van der Waals surface area contributed by atoms with Gasteiger partial charge in [0.05, 0.1) is 0 Å². The molecule has 0 aliphatic carbocycles. The maximum Gasteiger partial charge on any atom is 0.248 e. The zero-order valence-electron chi connectivity index (χ0n) is 14.9. The predicted molar refractivity (Wildman–Crippen MR) is 102 cm³/mol. The Bertz CT molecular complexity index is 809. The molecule has 5 heteroatoms. The fourth-order valence-electron chi connectivity index (χ4n) is 2.33. The molecule has 2 amide bonds. The first-order valence-electron chi connectivity index (χ1n) is 8.38. The van der Waals surface area contributed by atoms with Gasteiger partial charge < -0.3 is 10.6 Å². The molecular weight excluding hydrogens is 328 g/mol. The number of carbonyl (C=O) groups excluding carboxylic acids is 3. The van der Waals surface area contributed by atoms with Crippen molar-refractivity contribution in [1.82, 2.24) is 5.32 Å². The van der Waals surface area contributed by atoms with Crippen molar-refractivity contribution in [2.24, 2.45) is 0 Å². The van der Waals surface area contributed by atoms with E-state index in [4.69, 9.17) is 0 Å². The van der Waals surface area contributed by atoms with E-state index in [1.807, 2.05) is 30.3 Å². The van der Waals surface area contributed by atoms with Gasteiger partial charge in [-0.15, -0.1) is 0 Å². The van der Waals surface area contributed by atoms with Crippen LogP contribution in [0.15, 0.2) is 66.2 Å². The summed E-state index contributed by atoms with van der Waals surface area (Å²) in [6.07, 6.45) is 1.99. The molecule has 2 aromatic carbocycles. The maximum absolute atomic E-state index is 12.0. The second kappa shape index (κ2) is 9.32. The number of anilines is 1. The number of ketones is 1. The zero-order chi connectivity index (χ0) is 18.9. The summed E-state index contributed by atoms with van der Waals surface area (Å²) in [4.78, 5) is 35.3. The van der Waals surface area contributed by atoms with Crippen molar-refractivity contribution in [2.75, 3.05) is 11.9 Å². The molecule has 0 unspecified atom stereocenters. The third-order valence-corrected chi connectivity index (χ3v) is 3.81. The van der Waals surface area contributed by atoms with E-state index in [0.717, 1.165) is 12.0 Å². The fourth-order valence-corrected chi connectivity index (χ4v) is 2.33. The lowest BCUT2D eigenvalue weighted by Gasteiger charge is -2.06. The highest BCUT2D eigenvalue weighted by molar-refractivity contribution is 6.06. The van der Waals surface area contributed by atoms with E-state index in [-0.39, 0.29) is 11.7 Å². The lowest BCUT2D eigenvalue weighted by atomic mass is 10.1. The first-order valence-corrected chi connectivity index (χ1v) is 8.38. The van der Waals surface area contributed by atoms with Gasteiger partial charge in [-0.2, -0.15) is 0 Å². The van der Waals surface area contributed by atoms with Crippen LogP contribution in [0, 0.1) is 0 Å².